The first-order valence-electron chi connectivity index (χ1n) is 6.27. The van der Waals surface area contributed by atoms with Crippen molar-refractivity contribution in [3.63, 3.8) is 0 Å². The molecule has 1 aromatic rings. The normalized spacial score (nSPS) is 25.6. The van der Waals surface area contributed by atoms with E-state index in [-0.39, 0.29) is 23.4 Å². The molecule has 1 aromatic carbocycles. The van der Waals surface area contributed by atoms with E-state index < -0.39 is 0 Å². The van der Waals surface area contributed by atoms with Crippen molar-refractivity contribution in [1.29, 1.82) is 0 Å². The van der Waals surface area contributed by atoms with Gasteiger partial charge in [-0.15, -0.1) is 0 Å². The lowest BCUT2D eigenvalue weighted by atomic mass is 9.64. The average Bonchev–Trinajstić information content (AvgIpc) is 2.26. The predicted molar refractivity (Wildman–Crippen MR) is 72.6 cm³/mol. The van der Waals surface area contributed by atoms with Gasteiger partial charge in [0.05, 0.1) is 6.10 Å². The Kier molecular flexibility index (Phi) is 3.83. The predicted octanol–water partition coefficient (Wildman–Crippen LogP) is 4.09. The molecule has 1 aliphatic carbocycles. The van der Waals surface area contributed by atoms with Crippen LogP contribution in [0.15, 0.2) is 18.2 Å². The number of hydrogen-bond donors (Lipinski definition) is 1. The molecule has 1 fully saturated rings. The maximum absolute atomic E-state index is 13.2. The van der Waals surface area contributed by atoms with Gasteiger partial charge in [-0.2, -0.15) is 0 Å². The third kappa shape index (κ3) is 2.62. The highest BCUT2D eigenvalue weighted by molar-refractivity contribution is 6.30. The number of hydrogen-bond acceptors (Lipinski definition) is 2. The quantitative estimate of drug-likeness (QED) is 0.890. The van der Waals surface area contributed by atoms with Crippen molar-refractivity contribution in [2.75, 3.05) is 11.9 Å². The average molecular weight is 272 g/mol. The minimum atomic E-state index is -0.316. The summed E-state index contributed by atoms with van der Waals surface area (Å²) in [7, 11) is 0. The van der Waals surface area contributed by atoms with E-state index in [0.717, 1.165) is 18.7 Å². The zero-order chi connectivity index (χ0) is 13.3. The number of anilines is 1. The van der Waals surface area contributed by atoms with Crippen LogP contribution in [0, 0.1) is 11.2 Å². The van der Waals surface area contributed by atoms with Crippen molar-refractivity contribution in [3.8, 4) is 0 Å². The fourth-order valence-electron chi connectivity index (χ4n) is 2.45. The summed E-state index contributed by atoms with van der Waals surface area (Å²) >= 11 is 5.84. The summed E-state index contributed by atoms with van der Waals surface area (Å²) in [5, 5.41) is 3.75. The number of ether oxygens (including phenoxy) is 1. The molecule has 2 nitrogen and oxygen atoms in total. The highest BCUT2D eigenvalue weighted by Gasteiger charge is 2.48. The van der Waals surface area contributed by atoms with Gasteiger partial charge in [0.2, 0.25) is 0 Å². The smallest absolute Gasteiger partial charge is 0.126 e. The molecule has 1 saturated carbocycles. The number of rotatable bonds is 4. The zero-order valence-corrected chi connectivity index (χ0v) is 11.7. The molecule has 2 atom stereocenters. The van der Waals surface area contributed by atoms with Crippen LogP contribution in [0.1, 0.15) is 27.2 Å². The van der Waals surface area contributed by atoms with Crippen molar-refractivity contribution in [1.82, 2.24) is 0 Å². The van der Waals surface area contributed by atoms with Gasteiger partial charge in [0.1, 0.15) is 5.82 Å². The minimum Gasteiger partial charge on any atom is -0.381 e. The summed E-state index contributed by atoms with van der Waals surface area (Å²) in [4.78, 5) is 0. The first-order valence-corrected chi connectivity index (χ1v) is 6.65. The van der Waals surface area contributed by atoms with Gasteiger partial charge in [-0.05, 0) is 31.5 Å². The molecule has 2 rings (SSSR count). The maximum atomic E-state index is 13.2. The van der Waals surface area contributed by atoms with Gasteiger partial charge in [0.15, 0.2) is 0 Å². The highest BCUT2D eigenvalue weighted by atomic mass is 35.5. The van der Waals surface area contributed by atoms with Crippen LogP contribution in [0.5, 0.6) is 0 Å². The zero-order valence-electron chi connectivity index (χ0n) is 11.0. The van der Waals surface area contributed by atoms with E-state index in [1.807, 2.05) is 6.92 Å². The first kappa shape index (κ1) is 13.6. The molecule has 0 saturated heterocycles. The molecule has 0 bridgehead atoms. The van der Waals surface area contributed by atoms with Crippen LogP contribution in [0.4, 0.5) is 10.1 Å². The number of benzene rings is 1. The Morgan fingerprint density at radius 1 is 1.44 bits per heavy atom. The van der Waals surface area contributed by atoms with Gasteiger partial charge in [0, 0.05) is 28.8 Å². The van der Waals surface area contributed by atoms with Crippen molar-refractivity contribution in [3.05, 3.63) is 29.0 Å². The van der Waals surface area contributed by atoms with Crippen molar-refractivity contribution in [2.45, 2.75) is 39.3 Å². The van der Waals surface area contributed by atoms with Crippen molar-refractivity contribution < 1.29 is 9.13 Å². The molecule has 4 heteroatoms. The molecule has 18 heavy (non-hydrogen) atoms. The van der Waals surface area contributed by atoms with E-state index in [4.69, 9.17) is 16.3 Å². The lowest BCUT2D eigenvalue weighted by Gasteiger charge is -2.52. The fourth-order valence-corrected chi connectivity index (χ4v) is 2.67. The number of nitrogens with one attached hydrogen (secondary N) is 1. The molecule has 0 aromatic heterocycles. The Balaban J connectivity index is 2.03. The lowest BCUT2D eigenvalue weighted by molar-refractivity contribution is -0.0975. The second-order valence-corrected chi connectivity index (χ2v) is 5.79. The van der Waals surface area contributed by atoms with E-state index in [2.05, 4.69) is 19.2 Å². The molecule has 0 aliphatic heterocycles. The monoisotopic (exact) mass is 271 g/mol. The van der Waals surface area contributed by atoms with Crippen molar-refractivity contribution in [2.24, 2.45) is 5.41 Å². The fraction of sp³-hybridized carbons (Fsp3) is 0.571. The van der Waals surface area contributed by atoms with Gasteiger partial charge in [0.25, 0.3) is 0 Å². The molecular formula is C14H19ClFNO. The lowest BCUT2D eigenvalue weighted by Crippen LogP contribution is -2.58. The molecule has 100 valence electrons. The van der Waals surface area contributed by atoms with Crippen LogP contribution >= 0.6 is 11.6 Å². The van der Waals surface area contributed by atoms with E-state index in [1.165, 1.54) is 12.1 Å². The van der Waals surface area contributed by atoms with E-state index in [9.17, 15) is 4.39 Å². The summed E-state index contributed by atoms with van der Waals surface area (Å²) in [6, 6.07) is 4.80. The summed E-state index contributed by atoms with van der Waals surface area (Å²) < 4.78 is 18.9. The highest BCUT2D eigenvalue weighted by Crippen LogP contribution is 2.44. The molecule has 0 spiro atoms. The molecular weight excluding hydrogens is 253 g/mol. The summed E-state index contributed by atoms with van der Waals surface area (Å²) in [5.74, 6) is -0.316. The topological polar surface area (TPSA) is 21.3 Å². The van der Waals surface area contributed by atoms with Crippen LogP contribution in [0.25, 0.3) is 0 Å². The van der Waals surface area contributed by atoms with E-state index >= 15 is 0 Å². The SMILES string of the molecule is CCOC1CC(Nc2cc(F)cc(Cl)c2)C1(C)C. The summed E-state index contributed by atoms with van der Waals surface area (Å²) in [5.41, 5.74) is 0.780. The Morgan fingerprint density at radius 3 is 2.72 bits per heavy atom. The van der Waals surface area contributed by atoms with Crippen LogP contribution in [0.3, 0.4) is 0 Å². The Bertz CT molecular complexity index is 416. The minimum absolute atomic E-state index is 0.0504. The van der Waals surface area contributed by atoms with Crippen LogP contribution in [0.2, 0.25) is 5.02 Å². The Hall–Kier alpha value is -0.800. The van der Waals surface area contributed by atoms with Crippen LogP contribution in [-0.2, 0) is 4.74 Å². The van der Waals surface area contributed by atoms with E-state index in [0.29, 0.717) is 5.02 Å². The molecule has 0 amide bonds. The van der Waals surface area contributed by atoms with Gasteiger partial charge in [-0.1, -0.05) is 25.4 Å². The second kappa shape index (κ2) is 5.06. The maximum Gasteiger partial charge on any atom is 0.126 e. The molecule has 1 aliphatic rings. The summed E-state index contributed by atoms with van der Waals surface area (Å²) in [6.45, 7) is 7.06. The first-order chi connectivity index (χ1) is 8.43. The van der Waals surface area contributed by atoms with Crippen LogP contribution < -0.4 is 5.32 Å². The van der Waals surface area contributed by atoms with Gasteiger partial charge in [-0.25, -0.2) is 4.39 Å². The standard InChI is InChI=1S/C14H19ClFNO/c1-4-18-13-8-12(14(13,2)3)17-11-6-9(15)5-10(16)7-11/h5-7,12-13,17H,4,8H2,1-3H3. The van der Waals surface area contributed by atoms with Gasteiger partial charge in [-0.3, -0.25) is 0 Å². The Morgan fingerprint density at radius 2 is 2.17 bits per heavy atom. The number of halogens is 2. The molecule has 0 radical (unpaired) electrons. The summed E-state index contributed by atoms with van der Waals surface area (Å²) in [6.07, 6.45) is 1.21. The third-order valence-electron chi connectivity index (χ3n) is 3.75. The van der Waals surface area contributed by atoms with Crippen molar-refractivity contribution >= 4 is 17.3 Å². The molecule has 0 heterocycles. The van der Waals surface area contributed by atoms with Gasteiger partial charge >= 0.3 is 0 Å². The van der Waals surface area contributed by atoms with E-state index in [1.54, 1.807) is 6.07 Å². The second-order valence-electron chi connectivity index (χ2n) is 5.36. The third-order valence-corrected chi connectivity index (χ3v) is 3.97. The molecule has 2 unspecified atom stereocenters. The van der Waals surface area contributed by atoms with Crippen LogP contribution in [-0.4, -0.2) is 18.8 Å². The largest absolute Gasteiger partial charge is 0.381 e. The Labute approximate surface area is 112 Å². The van der Waals surface area contributed by atoms with Gasteiger partial charge < -0.3 is 10.1 Å². The molecule has 1 N–H and O–H groups in total.